The highest BCUT2D eigenvalue weighted by atomic mass is 16.6. The Balaban J connectivity index is 2.24. The van der Waals surface area contributed by atoms with Crippen molar-refractivity contribution in [2.24, 2.45) is 0 Å². The van der Waals surface area contributed by atoms with E-state index in [4.69, 9.17) is 4.74 Å². The van der Waals surface area contributed by atoms with Crippen LogP contribution in [0.5, 0.6) is 11.5 Å². The van der Waals surface area contributed by atoms with Gasteiger partial charge in [-0.15, -0.1) is 0 Å². The van der Waals surface area contributed by atoms with Gasteiger partial charge in [0, 0.05) is 12.1 Å². The number of rotatable bonds is 5. The average Bonchev–Trinajstić information content (AvgIpc) is 2.49. The first-order chi connectivity index (χ1) is 10.0. The lowest BCUT2D eigenvalue weighted by Crippen LogP contribution is -2.13. The zero-order valence-corrected chi connectivity index (χ0v) is 12.2. The van der Waals surface area contributed by atoms with Gasteiger partial charge in [0.15, 0.2) is 0 Å². The van der Waals surface area contributed by atoms with Crippen LogP contribution in [-0.2, 0) is 0 Å². The molecule has 0 fully saturated rings. The Morgan fingerprint density at radius 2 is 2.10 bits per heavy atom. The lowest BCUT2D eigenvalue weighted by Gasteiger charge is -2.10. The summed E-state index contributed by atoms with van der Waals surface area (Å²) in [6.07, 6.45) is 1.56. The number of nitro benzene ring substituents is 1. The summed E-state index contributed by atoms with van der Waals surface area (Å²) < 4.78 is 5.57. The molecule has 0 aliphatic heterocycles. The van der Waals surface area contributed by atoms with E-state index in [1.807, 2.05) is 20.0 Å². The second-order valence-electron chi connectivity index (χ2n) is 4.76. The number of benzene rings is 1. The summed E-state index contributed by atoms with van der Waals surface area (Å²) in [5.41, 5.74) is 1.64. The molecule has 1 aromatic carbocycles. The Labute approximate surface area is 122 Å². The average molecular weight is 287 g/mol. The van der Waals surface area contributed by atoms with E-state index in [0.717, 1.165) is 11.3 Å². The minimum absolute atomic E-state index is 0.0531. The maximum Gasteiger partial charge on any atom is 0.311 e. The first-order valence-corrected chi connectivity index (χ1v) is 6.57. The highest BCUT2D eigenvalue weighted by Crippen LogP contribution is 2.31. The molecule has 1 N–H and O–H groups in total. The van der Waals surface area contributed by atoms with Crippen molar-refractivity contribution < 1.29 is 9.66 Å². The molecule has 1 heterocycles. The Morgan fingerprint density at radius 1 is 1.33 bits per heavy atom. The number of aromatic nitrogens is 1. The Hall–Kier alpha value is -2.47. The van der Waals surface area contributed by atoms with Crippen molar-refractivity contribution in [3.05, 3.63) is 57.9 Å². The summed E-state index contributed by atoms with van der Waals surface area (Å²) in [7, 11) is 1.85. The van der Waals surface area contributed by atoms with E-state index < -0.39 is 4.92 Å². The minimum Gasteiger partial charge on any atom is -0.449 e. The van der Waals surface area contributed by atoms with Gasteiger partial charge in [0.25, 0.3) is 0 Å². The van der Waals surface area contributed by atoms with Gasteiger partial charge in [0.1, 0.15) is 5.75 Å². The summed E-state index contributed by atoms with van der Waals surface area (Å²) in [5, 5.41) is 14.1. The molecule has 0 saturated heterocycles. The monoisotopic (exact) mass is 287 g/mol. The van der Waals surface area contributed by atoms with E-state index in [0.29, 0.717) is 5.75 Å². The number of pyridine rings is 1. The third-order valence-electron chi connectivity index (χ3n) is 3.17. The van der Waals surface area contributed by atoms with E-state index >= 15 is 0 Å². The zero-order valence-electron chi connectivity index (χ0n) is 12.2. The van der Waals surface area contributed by atoms with Crippen molar-refractivity contribution in [3.63, 3.8) is 0 Å². The standard InChI is InChI=1S/C15H17N3O3/c1-10-4-7-15(14(8-10)18(19)20)21-12-5-6-13(17-9-12)11(2)16-3/h4-9,11,16H,1-3H3. The third-order valence-corrected chi connectivity index (χ3v) is 3.17. The number of hydrogen-bond acceptors (Lipinski definition) is 5. The number of ether oxygens (including phenoxy) is 1. The molecule has 6 heteroatoms. The molecule has 1 aromatic heterocycles. The van der Waals surface area contributed by atoms with Crippen LogP contribution in [0.15, 0.2) is 36.5 Å². The van der Waals surface area contributed by atoms with Crippen LogP contribution in [0.3, 0.4) is 0 Å². The molecule has 0 bridgehead atoms. The van der Waals surface area contributed by atoms with Crippen LogP contribution in [-0.4, -0.2) is 17.0 Å². The Bertz CT molecular complexity index is 641. The molecule has 2 aromatic rings. The van der Waals surface area contributed by atoms with E-state index in [-0.39, 0.29) is 17.5 Å². The summed E-state index contributed by atoms with van der Waals surface area (Å²) in [4.78, 5) is 14.9. The summed E-state index contributed by atoms with van der Waals surface area (Å²) >= 11 is 0. The van der Waals surface area contributed by atoms with Crippen LogP contribution in [0.1, 0.15) is 24.2 Å². The van der Waals surface area contributed by atoms with Gasteiger partial charge in [-0.3, -0.25) is 15.1 Å². The first kappa shape index (κ1) is 14.9. The second kappa shape index (κ2) is 6.32. The van der Waals surface area contributed by atoms with Crippen molar-refractivity contribution in [3.8, 4) is 11.5 Å². The lowest BCUT2D eigenvalue weighted by atomic mass is 10.2. The molecule has 1 unspecified atom stereocenters. The van der Waals surface area contributed by atoms with E-state index in [1.54, 1.807) is 31.3 Å². The van der Waals surface area contributed by atoms with Crippen molar-refractivity contribution in [2.45, 2.75) is 19.9 Å². The van der Waals surface area contributed by atoms with Crippen LogP contribution in [0.2, 0.25) is 0 Å². The maximum absolute atomic E-state index is 11.0. The molecule has 2 rings (SSSR count). The highest BCUT2D eigenvalue weighted by Gasteiger charge is 2.16. The summed E-state index contributed by atoms with van der Waals surface area (Å²) in [5.74, 6) is 0.677. The fourth-order valence-corrected chi connectivity index (χ4v) is 1.84. The number of nitrogens with one attached hydrogen (secondary N) is 1. The Morgan fingerprint density at radius 3 is 2.67 bits per heavy atom. The van der Waals surface area contributed by atoms with Gasteiger partial charge >= 0.3 is 5.69 Å². The number of hydrogen-bond donors (Lipinski definition) is 1. The molecule has 0 aliphatic carbocycles. The number of nitrogens with zero attached hydrogens (tertiary/aromatic N) is 2. The van der Waals surface area contributed by atoms with Crippen molar-refractivity contribution in [1.29, 1.82) is 0 Å². The van der Waals surface area contributed by atoms with Gasteiger partial charge in [-0.2, -0.15) is 0 Å². The molecular weight excluding hydrogens is 270 g/mol. The SMILES string of the molecule is CNC(C)c1ccc(Oc2ccc(C)cc2[N+](=O)[O-])cn1. The normalized spacial score (nSPS) is 12.0. The maximum atomic E-state index is 11.0. The van der Waals surface area contributed by atoms with E-state index in [2.05, 4.69) is 10.3 Å². The molecule has 0 amide bonds. The van der Waals surface area contributed by atoms with Crippen LogP contribution in [0.25, 0.3) is 0 Å². The van der Waals surface area contributed by atoms with Crippen LogP contribution in [0, 0.1) is 17.0 Å². The van der Waals surface area contributed by atoms with Crippen LogP contribution in [0.4, 0.5) is 5.69 Å². The smallest absolute Gasteiger partial charge is 0.311 e. The molecule has 0 radical (unpaired) electrons. The molecule has 6 nitrogen and oxygen atoms in total. The fraction of sp³-hybridized carbons (Fsp3) is 0.267. The molecule has 1 atom stereocenters. The summed E-state index contributed by atoms with van der Waals surface area (Å²) in [6, 6.07) is 8.56. The lowest BCUT2D eigenvalue weighted by molar-refractivity contribution is -0.385. The van der Waals surface area contributed by atoms with E-state index in [1.165, 1.54) is 6.07 Å². The van der Waals surface area contributed by atoms with Crippen LogP contribution < -0.4 is 10.1 Å². The molecule has 110 valence electrons. The molecule has 0 aliphatic rings. The number of aryl methyl sites for hydroxylation is 1. The van der Waals surface area contributed by atoms with Gasteiger partial charge in [-0.1, -0.05) is 6.07 Å². The van der Waals surface area contributed by atoms with Crippen LogP contribution >= 0.6 is 0 Å². The van der Waals surface area contributed by atoms with Crippen molar-refractivity contribution >= 4 is 5.69 Å². The fourth-order valence-electron chi connectivity index (χ4n) is 1.84. The van der Waals surface area contributed by atoms with Crippen molar-refractivity contribution in [1.82, 2.24) is 10.3 Å². The summed E-state index contributed by atoms with van der Waals surface area (Å²) in [6.45, 7) is 3.79. The highest BCUT2D eigenvalue weighted by molar-refractivity contribution is 5.50. The van der Waals surface area contributed by atoms with Gasteiger partial charge in [-0.05, 0) is 44.7 Å². The molecular formula is C15H17N3O3. The predicted molar refractivity (Wildman–Crippen MR) is 79.6 cm³/mol. The quantitative estimate of drug-likeness (QED) is 0.674. The third kappa shape index (κ3) is 3.55. The molecule has 0 saturated carbocycles. The van der Waals surface area contributed by atoms with Gasteiger partial charge in [0.05, 0.1) is 16.8 Å². The van der Waals surface area contributed by atoms with E-state index in [9.17, 15) is 10.1 Å². The zero-order chi connectivity index (χ0) is 15.4. The Kier molecular flexibility index (Phi) is 4.49. The van der Waals surface area contributed by atoms with Gasteiger partial charge in [-0.25, -0.2) is 0 Å². The molecule has 0 spiro atoms. The topological polar surface area (TPSA) is 77.3 Å². The number of nitro groups is 1. The van der Waals surface area contributed by atoms with Gasteiger partial charge in [0.2, 0.25) is 5.75 Å². The second-order valence-corrected chi connectivity index (χ2v) is 4.76. The minimum atomic E-state index is -0.451. The predicted octanol–water partition coefficient (Wildman–Crippen LogP) is 3.37. The van der Waals surface area contributed by atoms with Gasteiger partial charge < -0.3 is 10.1 Å². The largest absolute Gasteiger partial charge is 0.449 e. The van der Waals surface area contributed by atoms with Crippen molar-refractivity contribution in [2.75, 3.05) is 7.05 Å². The first-order valence-electron chi connectivity index (χ1n) is 6.57. The molecule has 21 heavy (non-hydrogen) atoms.